The Hall–Kier alpha value is -2.70. The van der Waals surface area contributed by atoms with Gasteiger partial charge in [0.1, 0.15) is 17.4 Å². The lowest BCUT2D eigenvalue weighted by Gasteiger charge is -2.21. The number of para-hydroxylation sites is 1. The first kappa shape index (κ1) is 14.2. The van der Waals surface area contributed by atoms with Crippen LogP contribution in [-0.4, -0.2) is 33.3 Å². The van der Waals surface area contributed by atoms with Crippen molar-refractivity contribution in [2.24, 2.45) is 7.05 Å². The summed E-state index contributed by atoms with van der Waals surface area (Å²) in [6, 6.07) is 4.65. The van der Waals surface area contributed by atoms with Crippen LogP contribution in [0.1, 0.15) is 29.0 Å². The summed E-state index contributed by atoms with van der Waals surface area (Å²) in [5, 5.41) is 4.90. The molecular weight excluding hydrogens is 284 g/mol. The summed E-state index contributed by atoms with van der Waals surface area (Å²) in [5.74, 6) is -0.332. The molecule has 0 spiro atoms. The Balaban J connectivity index is 1.88. The maximum Gasteiger partial charge on any atom is 0.254 e. The van der Waals surface area contributed by atoms with Crippen molar-refractivity contribution in [3.05, 3.63) is 29.6 Å². The SMILES string of the molecule is Cc1nc2c(C(=O)NC3CCC(=O)NC3=O)cccc2n1C. The van der Waals surface area contributed by atoms with Crippen molar-refractivity contribution in [2.75, 3.05) is 0 Å². The zero-order valence-electron chi connectivity index (χ0n) is 12.3. The van der Waals surface area contributed by atoms with Crippen LogP contribution in [0, 0.1) is 6.92 Å². The Kier molecular flexibility index (Phi) is 3.40. The highest BCUT2D eigenvalue weighted by atomic mass is 16.2. The van der Waals surface area contributed by atoms with Crippen LogP contribution >= 0.6 is 0 Å². The average molecular weight is 300 g/mol. The summed E-state index contributed by atoms with van der Waals surface area (Å²) < 4.78 is 1.90. The summed E-state index contributed by atoms with van der Waals surface area (Å²) in [4.78, 5) is 39.7. The van der Waals surface area contributed by atoms with Crippen molar-refractivity contribution >= 4 is 28.8 Å². The molecule has 2 N–H and O–H groups in total. The number of piperidine rings is 1. The van der Waals surface area contributed by atoms with Gasteiger partial charge in [-0.1, -0.05) is 6.07 Å². The highest BCUT2D eigenvalue weighted by molar-refractivity contribution is 6.08. The molecule has 0 radical (unpaired) electrons. The predicted octanol–water partition coefficient (Wildman–Crippen LogP) is 0.417. The lowest BCUT2D eigenvalue weighted by atomic mass is 10.1. The number of carbonyl (C=O) groups excluding carboxylic acids is 3. The summed E-state index contributed by atoms with van der Waals surface area (Å²) in [5.41, 5.74) is 1.88. The molecule has 22 heavy (non-hydrogen) atoms. The number of aromatic nitrogens is 2. The fraction of sp³-hybridized carbons (Fsp3) is 0.333. The van der Waals surface area contributed by atoms with Gasteiger partial charge in [0.2, 0.25) is 11.8 Å². The van der Waals surface area contributed by atoms with E-state index in [-0.39, 0.29) is 18.2 Å². The highest BCUT2D eigenvalue weighted by Crippen LogP contribution is 2.19. The molecule has 1 aromatic heterocycles. The van der Waals surface area contributed by atoms with Gasteiger partial charge in [-0.25, -0.2) is 4.98 Å². The van der Waals surface area contributed by atoms with Crippen molar-refractivity contribution in [3.63, 3.8) is 0 Å². The summed E-state index contributed by atoms with van der Waals surface area (Å²) in [6.45, 7) is 1.86. The minimum absolute atomic E-state index is 0.226. The van der Waals surface area contributed by atoms with Crippen molar-refractivity contribution < 1.29 is 14.4 Å². The van der Waals surface area contributed by atoms with E-state index >= 15 is 0 Å². The lowest BCUT2D eigenvalue weighted by Crippen LogP contribution is -2.52. The van der Waals surface area contributed by atoms with E-state index in [4.69, 9.17) is 0 Å². The number of carbonyl (C=O) groups is 3. The highest BCUT2D eigenvalue weighted by Gasteiger charge is 2.28. The molecule has 3 amide bonds. The van der Waals surface area contributed by atoms with Gasteiger partial charge >= 0.3 is 0 Å². The molecule has 1 atom stereocenters. The van der Waals surface area contributed by atoms with Crippen molar-refractivity contribution in [1.29, 1.82) is 0 Å². The number of imidazole rings is 1. The normalized spacial score (nSPS) is 18.4. The lowest BCUT2D eigenvalue weighted by molar-refractivity contribution is -0.134. The molecule has 3 rings (SSSR count). The van der Waals surface area contributed by atoms with Gasteiger partial charge in [0.25, 0.3) is 5.91 Å². The number of hydrogen-bond donors (Lipinski definition) is 2. The molecule has 0 aliphatic carbocycles. The molecule has 7 heteroatoms. The zero-order chi connectivity index (χ0) is 15.9. The maximum absolute atomic E-state index is 12.4. The maximum atomic E-state index is 12.4. The van der Waals surface area contributed by atoms with E-state index in [2.05, 4.69) is 15.6 Å². The van der Waals surface area contributed by atoms with E-state index in [0.29, 0.717) is 17.5 Å². The molecule has 114 valence electrons. The molecule has 0 saturated carbocycles. The van der Waals surface area contributed by atoms with Crippen LogP contribution in [0.2, 0.25) is 0 Å². The van der Waals surface area contributed by atoms with Gasteiger partial charge in [0.05, 0.1) is 11.1 Å². The third-order valence-electron chi connectivity index (χ3n) is 3.92. The second kappa shape index (κ2) is 5.25. The summed E-state index contributed by atoms with van der Waals surface area (Å²) in [7, 11) is 1.88. The van der Waals surface area contributed by atoms with Gasteiger partial charge in [0, 0.05) is 13.5 Å². The van der Waals surface area contributed by atoms with Gasteiger partial charge in [-0.3, -0.25) is 19.7 Å². The quantitative estimate of drug-likeness (QED) is 0.786. The number of benzene rings is 1. The van der Waals surface area contributed by atoms with E-state index in [1.807, 2.05) is 24.6 Å². The first-order valence-corrected chi connectivity index (χ1v) is 7.04. The Bertz CT molecular complexity index is 793. The van der Waals surface area contributed by atoms with Crippen LogP contribution in [0.3, 0.4) is 0 Å². The van der Waals surface area contributed by atoms with Crippen LogP contribution < -0.4 is 10.6 Å². The summed E-state index contributed by atoms with van der Waals surface area (Å²) >= 11 is 0. The van der Waals surface area contributed by atoms with E-state index in [1.165, 1.54) is 0 Å². The number of nitrogens with one attached hydrogen (secondary N) is 2. The second-order valence-electron chi connectivity index (χ2n) is 5.37. The fourth-order valence-corrected chi connectivity index (χ4v) is 2.58. The first-order chi connectivity index (χ1) is 10.5. The van der Waals surface area contributed by atoms with E-state index < -0.39 is 11.9 Å². The molecule has 1 saturated heterocycles. The number of fused-ring (bicyclic) bond motifs is 1. The predicted molar refractivity (Wildman–Crippen MR) is 79.1 cm³/mol. The molecule has 1 fully saturated rings. The number of rotatable bonds is 2. The van der Waals surface area contributed by atoms with Gasteiger partial charge < -0.3 is 9.88 Å². The Morgan fingerprint density at radius 2 is 2.18 bits per heavy atom. The average Bonchev–Trinajstić information content (AvgIpc) is 2.77. The van der Waals surface area contributed by atoms with E-state index in [0.717, 1.165) is 11.3 Å². The molecule has 2 aromatic rings. The van der Waals surface area contributed by atoms with Crippen LogP contribution in [-0.2, 0) is 16.6 Å². The fourth-order valence-electron chi connectivity index (χ4n) is 2.58. The second-order valence-corrected chi connectivity index (χ2v) is 5.37. The number of aryl methyl sites for hydroxylation is 2. The molecule has 2 heterocycles. The number of imide groups is 1. The first-order valence-electron chi connectivity index (χ1n) is 7.04. The standard InChI is InChI=1S/C15H16N4O3/c1-8-16-13-9(4-3-5-11(13)19(8)2)14(21)17-10-6-7-12(20)18-15(10)22/h3-5,10H,6-7H2,1-2H3,(H,17,21)(H,18,20,22). The van der Waals surface area contributed by atoms with E-state index in [1.54, 1.807) is 12.1 Å². The smallest absolute Gasteiger partial charge is 0.254 e. The summed E-state index contributed by atoms with van der Waals surface area (Å²) in [6.07, 6.45) is 0.539. The Morgan fingerprint density at radius 1 is 1.41 bits per heavy atom. The van der Waals surface area contributed by atoms with Crippen LogP contribution in [0.5, 0.6) is 0 Å². The van der Waals surface area contributed by atoms with Gasteiger partial charge in [-0.05, 0) is 25.5 Å². The number of hydrogen-bond acceptors (Lipinski definition) is 4. The van der Waals surface area contributed by atoms with Gasteiger partial charge in [-0.15, -0.1) is 0 Å². The number of nitrogens with zero attached hydrogens (tertiary/aromatic N) is 2. The van der Waals surface area contributed by atoms with Crippen molar-refractivity contribution in [3.8, 4) is 0 Å². The zero-order valence-corrected chi connectivity index (χ0v) is 12.3. The minimum atomic E-state index is -0.690. The molecule has 1 aliphatic rings. The van der Waals surface area contributed by atoms with Gasteiger partial charge in [0.15, 0.2) is 0 Å². The third kappa shape index (κ3) is 2.34. The largest absolute Gasteiger partial charge is 0.340 e. The van der Waals surface area contributed by atoms with Crippen LogP contribution in [0.15, 0.2) is 18.2 Å². The molecule has 1 unspecified atom stereocenters. The minimum Gasteiger partial charge on any atom is -0.340 e. The van der Waals surface area contributed by atoms with Gasteiger partial charge in [-0.2, -0.15) is 0 Å². The molecule has 0 bridgehead atoms. The van der Waals surface area contributed by atoms with Crippen molar-refractivity contribution in [1.82, 2.24) is 20.2 Å². The van der Waals surface area contributed by atoms with Crippen LogP contribution in [0.25, 0.3) is 11.0 Å². The van der Waals surface area contributed by atoms with Crippen molar-refractivity contribution in [2.45, 2.75) is 25.8 Å². The topological polar surface area (TPSA) is 93.1 Å². The Morgan fingerprint density at radius 3 is 2.91 bits per heavy atom. The molecular formula is C15H16N4O3. The molecule has 1 aliphatic heterocycles. The monoisotopic (exact) mass is 300 g/mol. The van der Waals surface area contributed by atoms with Crippen LogP contribution in [0.4, 0.5) is 0 Å². The Labute approximate surface area is 126 Å². The van der Waals surface area contributed by atoms with E-state index in [9.17, 15) is 14.4 Å². The number of amides is 3. The molecule has 1 aromatic carbocycles. The molecule has 7 nitrogen and oxygen atoms in total. The third-order valence-corrected chi connectivity index (χ3v) is 3.92.